The second kappa shape index (κ2) is 7.89. The minimum Gasteiger partial charge on any atom is -0.302 e. The Labute approximate surface area is 182 Å². The Morgan fingerprint density at radius 1 is 1.16 bits per heavy atom. The summed E-state index contributed by atoms with van der Waals surface area (Å²) in [7, 11) is 0. The lowest BCUT2D eigenvalue weighted by Crippen LogP contribution is -2.17. The van der Waals surface area contributed by atoms with Gasteiger partial charge in [-0.2, -0.15) is 18.2 Å². The van der Waals surface area contributed by atoms with E-state index in [1.807, 2.05) is 12.1 Å². The summed E-state index contributed by atoms with van der Waals surface area (Å²) in [5.41, 5.74) is 2.78. The molecule has 0 saturated carbocycles. The third-order valence-electron chi connectivity index (χ3n) is 4.53. The van der Waals surface area contributed by atoms with Crippen molar-refractivity contribution in [3.05, 3.63) is 57.4 Å². The van der Waals surface area contributed by atoms with Gasteiger partial charge in [-0.25, -0.2) is 14.5 Å². The molecule has 3 aromatic heterocycles. The van der Waals surface area contributed by atoms with Gasteiger partial charge in [-0.05, 0) is 26.0 Å². The molecule has 4 rings (SSSR count). The number of nitrogens with one attached hydrogen (secondary N) is 1. The van der Waals surface area contributed by atoms with E-state index in [0.29, 0.717) is 32.8 Å². The summed E-state index contributed by atoms with van der Waals surface area (Å²) in [6.07, 6.45) is -4.78. The van der Waals surface area contributed by atoms with Crippen molar-refractivity contribution >= 4 is 39.8 Å². The number of carbonyl (C=O) groups excluding carboxylic acids is 1. The summed E-state index contributed by atoms with van der Waals surface area (Å²) < 4.78 is 39.7. The van der Waals surface area contributed by atoms with Gasteiger partial charge in [0, 0.05) is 32.9 Å². The van der Waals surface area contributed by atoms with Crippen molar-refractivity contribution in [3.63, 3.8) is 0 Å². The topological polar surface area (TPSA) is 85.1 Å². The zero-order valence-corrected chi connectivity index (χ0v) is 17.7. The molecule has 0 bridgehead atoms. The maximum atomic E-state index is 12.9. The molecule has 0 saturated heterocycles. The van der Waals surface area contributed by atoms with Crippen molar-refractivity contribution in [1.82, 2.24) is 24.6 Å². The van der Waals surface area contributed by atoms with Crippen LogP contribution in [0.5, 0.6) is 0 Å². The number of hydrogen-bond acceptors (Lipinski definition) is 6. The lowest BCUT2D eigenvalue weighted by atomic mass is 10.1. The molecule has 1 N–H and O–H groups in total. The summed E-state index contributed by atoms with van der Waals surface area (Å²) in [5.74, 6) is -1.82. The van der Waals surface area contributed by atoms with Crippen LogP contribution in [-0.2, 0) is 17.4 Å². The van der Waals surface area contributed by atoms with Crippen LogP contribution in [0.15, 0.2) is 29.6 Å². The molecule has 0 aliphatic heterocycles. The van der Waals surface area contributed by atoms with Crippen LogP contribution in [0.3, 0.4) is 0 Å². The number of aromatic nitrogens is 5. The average Bonchev–Trinajstić information content (AvgIpc) is 3.33. The van der Waals surface area contributed by atoms with Crippen molar-refractivity contribution in [1.29, 1.82) is 0 Å². The van der Waals surface area contributed by atoms with E-state index in [2.05, 4.69) is 25.4 Å². The van der Waals surface area contributed by atoms with Gasteiger partial charge in [0.05, 0.1) is 12.1 Å². The maximum absolute atomic E-state index is 12.9. The third-order valence-corrected chi connectivity index (χ3v) is 5.54. The van der Waals surface area contributed by atoms with Gasteiger partial charge >= 0.3 is 6.18 Å². The third kappa shape index (κ3) is 4.37. The van der Waals surface area contributed by atoms with Gasteiger partial charge in [-0.3, -0.25) is 4.79 Å². The van der Waals surface area contributed by atoms with Crippen molar-refractivity contribution in [3.8, 4) is 11.3 Å². The summed E-state index contributed by atoms with van der Waals surface area (Å²) in [6.45, 7) is 3.18. The summed E-state index contributed by atoms with van der Waals surface area (Å²) in [6, 6.07) is 7.14. The highest BCUT2D eigenvalue weighted by atomic mass is 35.5. The number of alkyl halides is 3. The number of thiazole rings is 1. The number of amides is 1. The second-order valence-electron chi connectivity index (χ2n) is 6.68. The Kier molecular flexibility index (Phi) is 5.40. The van der Waals surface area contributed by atoms with Crippen LogP contribution < -0.4 is 5.32 Å². The Morgan fingerprint density at radius 3 is 2.55 bits per heavy atom. The number of halogens is 4. The highest BCUT2D eigenvalue weighted by Gasteiger charge is 2.37. The van der Waals surface area contributed by atoms with E-state index in [-0.39, 0.29) is 18.1 Å². The molecule has 0 aliphatic carbocycles. The SMILES string of the molecule is Cc1nc2nc(C(F)(F)F)nn2c(C)c1CC(=O)Nc1nc(-c2ccc(Cl)cc2)cs1. The lowest BCUT2D eigenvalue weighted by molar-refractivity contribution is -0.144. The van der Waals surface area contributed by atoms with Crippen molar-refractivity contribution in [2.75, 3.05) is 5.32 Å². The molecule has 0 aliphatic rings. The number of carbonyl (C=O) groups is 1. The molecule has 4 aromatic rings. The fraction of sp³-hybridized carbons (Fsp3) is 0.211. The van der Waals surface area contributed by atoms with Crippen molar-refractivity contribution in [2.45, 2.75) is 26.4 Å². The highest BCUT2D eigenvalue weighted by molar-refractivity contribution is 7.14. The molecule has 1 amide bonds. The number of fused-ring (bicyclic) bond motifs is 1. The largest absolute Gasteiger partial charge is 0.453 e. The molecule has 160 valence electrons. The Bertz CT molecular complexity index is 1280. The number of hydrogen-bond donors (Lipinski definition) is 1. The van der Waals surface area contributed by atoms with Crippen LogP contribution in [0, 0.1) is 13.8 Å². The maximum Gasteiger partial charge on any atom is 0.453 e. The quantitative estimate of drug-likeness (QED) is 0.470. The van der Waals surface area contributed by atoms with Gasteiger partial charge in [0.1, 0.15) is 0 Å². The van der Waals surface area contributed by atoms with Crippen molar-refractivity contribution in [2.24, 2.45) is 0 Å². The molecule has 12 heteroatoms. The second-order valence-corrected chi connectivity index (χ2v) is 7.97. The summed E-state index contributed by atoms with van der Waals surface area (Å²) in [5, 5.41) is 9.01. The lowest BCUT2D eigenvalue weighted by Gasteiger charge is -2.09. The van der Waals surface area contributed by atoms with Crippen LogP contribution in [0.4, 0.5) is 18.3 Å². The predicted octanol–water partition coefficient (Wildman–Crippen LogP) is 4.72. The molecular formula is C19H14ClF3N6OS. The summed E-state index contributed by atoms with van der Waals surface area (Å²) in [4.78, 5) is 24.5. The standard InChI is InChI=1S/C19H14ClF3N6OS/c1-9-13(10(2)29-17(24-9)27-16(28-29)19(21,22)23)7-15(30)26-18-25-14(8-31-18)11-3-5-12(20)6-4-11/h3-6,8H,7H2,1-2H3,(H,25,26,30). The van der Waals surface area contributed by atoms with E-state index in [0.717, 1.165) is 10.1 Å². The zero-order chi connectivity index (χ0) is 22.3. The highest BCUT2D eigenvalue weighted by Crippen LogP contribution is 2.28. The Hall–Kier alpha value is -3.05. The zero-order valence-electron chi connectivity index (χ0n) is 16.2. The van der Waals surface area contributed by atoms with E-state index in [9.17, 15) is 18.0 Å². The molecule has 3 heterocycles. The van der Waals surface area contributed by atoms with E-state index in [1.165, 1.54) is 11.3 Å². The average molecular weight is 467 g/mol. The molecule has 1 aromatic carbocycles. The van der Waals surface area contributed by atoms with E-state index < -0.39 is 12.0 Å². The molecule has 7 nitrogen and oxygen atoms in total. The predicted molar refractivity (Wildman–Crippen MR) is 110 cm³/mol. The number of anilines is 1. The molecule has 0 spiro atoms. The van der Waals surface area contributed by atoms with Crippen LogP contribution in [0.25, 0.3) is 17.0 Å². The van der Waals surface area contributed by atoms with Crippen LogP contribution in [-0.4, -0.2) is 30.5 Å². The molecule has 0 radical (unpaired) electrons. The first-order chi connectivity index (χ1) is 14.6. The number of rotatable bonds is 4. The van der Waals surface area contributed by atoms with Gasteiger partial charge in [-0.1, -0.05) is 23.7 Å². The van der Waals surface area contributed by atoms with E-state index >= 15 is 0 Å². The van der Waals surface area contributed by atoms with Gasteiger partial charge in [-0.15, -0.1) is 16.4 Å². The first-order valence-corrected chi connectivity index (χ1v) is 10.2. The molecule has 0 atom stereocenters. The minimum absolute atomic E-state index is 0.0995. The molecule has 31 heavy (non-hydrogen) atoms. The van der Waals surface area contributed by atoms with Gasteiger partial charge in [0.15, 0.2) is 5.13 Å². The fourth-order valence-corrected chi connectivity index (χ4v) is 3.85. The number of nitrogens with zero attached hydrogens (tertiary/aromatic N) is 5. The van der Waals surface area contributed by atoms with Crippen LogP contribution in [0.2, 0.25) is 5.02 Å². The minimum atomic E-state index is -4.68. The first-order valence-electron chi connectivity index (χ1n) is 8.93. The Morgan fingerprint density at radius 2 is 1.87 bits per heavy atom. The fourth-order valence-electron chi connectivity index (χ4n) is 2.99. The number of benzene rings is 1. The van der Waals surface area contributed by atoms with Gasteiger partial charge < -0.3 is 5.32 Å². The molecular weight excluding hydrogens is 453 g/mol. The van der Waals surface area contributed by atoms with Crippen molar-refractivity contribution < 1.29 is 18.0 Å². The van der Waals surface area contributed by atoms with Gasteiger partial charge in [0.2, 0.25) is 5.91 Å². The summed E-state index contributed by atoms with van der Waals surface area (Å²) >= 11 is 7.15. The normalized spacial score (nSPS) is 11.8. The monoisotopic (exact) mass is 466 g/mol. The van der Waals surface area contributed by atoms with Crippen LogP contribution in [0.1, 0.15) is 22.8 Å². The van der Waals surface area contributed by atoms with Crippen LogP contribution >= 0.6 is 22.9 Å². The van der Waals surface area contributed by atoms with E-state index in [1.54, 1.807) is 31.4 Å². The van der Waals surface area contributed by atoms with E-state index in [4.69, 9.17) is 11.6 Å². The molecule has 0 unspecified atom stereocenters. The van der Waals surface area contributed by atoms with Gasteiger partial charge in [0.25, 0.3) is 11.6 Å². The first kappa shape index (κ1) is 21.2. The number of aryl methyl sites for hydroxylation is 2. The molecule has 0 fully saturated rings. The smallest absolute Gasteiger partial charge is 0.302 e. The Balaban J connectivity index is 1.54.